The van der Waals surface area contributed by atoms with E-state index in [2.05, 4.69) is 31.6 Å². The summed E-state index contributed by atoms with van der Waals surface area (Å²) in [6, 6.07) is 6.76. The van der Waals surface area contributed by atoms with Gasteiger partial charge in [0.1, 0.15) is 22.2 Å². The van der Waals surface area contributed by atoms with E-state index in [1.54, 1.807) is 29.4 Å². The first-order valence-corrected chi connectivity index (χ1v) is 13.8. The van der Waals surface area contributed by atoms with E-state index in [0.717, 1.165) is 18.5 Å². The Morgan fingerprint density at radius 3 is 2.71 bits per heavy atom. The smallest absolute Gasteiger partial charge is 0.324 e. The quantitative estimate of drug-likeness (QED) is 0.250. The number of aromatic amines is 1. The molecule has 212 valence electrons. The summed E-state index contributed by atoms with van der Waals surface area (Å²) in [5.41, 5.74) is 1.62. The van der Waals surface area contributed by atoms with Crippen LogP contribution in [-0.2, 0) is 4.79 Å². The number of pyridine rings is 2. The number of fused-ring (bicyclic) bond motifs is 2. The van der Waals surface area contributed by atoms with Gasteiger partial charge < -0.3 is 19.3 Å². The molecule has 2 fully saturated rings. The van der Waals surface area contributed by atoms with Gasteiger partial charge in [0.05, 0.1) is 28.2 Å². The second-order valence-corrected chi connectivity index (χ2v) is 10.4. The summed E-state index contributed by atoms with van der Waals surface area (Å²) in [5.74, 6) is 0.861. The van der Waals surface area contributed by atoms with Crippen molar-refractivity contribution in [1.82, 2.24) is 35.0 Å². The monoisotopic (exact) mass is 586 g/mol. The minimum absolute atomic E-state index is 0.0582. The fourth-order valence-corrected chi connectivity index (χ4v) is 5.27. The van der Waals surface area contributed by atoms with Gasteiger partial charge >= 0.3 is 6.01 Å². The molecule has 1 aliphatic heterocycles. The van der Waals surface area contributed by atoms with Crippen LogP contribution in [0.3, 0.4) is 0 Å². The Morgan fingerprint density at radius 1 is 1.10 bits per heavy atom. The highest BCUT2D eigenvalue weighted by molar-refractivity contribution is 6.33. The van der Waals surface area contributed by atoms with Crippen molar-refractivity contribution < 1.29 is 18.7 Å². The first-order chi connectivity index (χ1) is 20.5. The van der Waals surface area contributed by atoms with Crippen LogP contribution in [0.5, 0.6) is 23.4 Å². The van der Waals surface area contributed by atoms with Crippen molar-refractivity contribution in [3.8, 4) is 23.4 Å². The molecule has 2 aliphatic rings. The van der Waals surface area contributed by atoms with Crippen molar-refractivity contribution in [2.75, 3.05) is 31.1 Å². The number of benzene rings is 1. The van der Waals surface area contributed by atoms with E-state index in [4.69, 9.17) is 31.0 Å². The third-order valence-electron chi connectivity index (χ3n) is 7.36. The van der Waals surface area contributed by atoms with E-state index in [-0.39, 0.29) is 28.6 Å². The zero-order valence-corrected chi connectivity index (χ0v) is 23.0. The second-order valence-electron chi connectivity index (χ2n) is 10.1. The first-order valence-electron chi connectivity index (χ1n) is 13.4. The van der Waals surface area contributed by atoms with Crippen molar-refractivity contribution in [2.45, 2.75) is 18.8 Å². The highest BCUT2D eigenvalue weighted by Crippen LogP contribution is 2.44. The number of hydrogen-bond acceptors (Lipinski definition) is 9. The summed E-state index contributed by atoms with van der Waals surface area (Å²) < 4.78 is 27.1. The van der Waals surface area contributed by atoms with Gasteiger partial charge in [0.15, 0.2) is 11.5 Å². The minimum atomic E-state index is -0.667. The summed E-state index contributed by atoms with van der Waals surface area (Å²) >= 11 is 6.34. The van der Waals surface area contributed by atoms with E-state index in [1.165, 1.54) is 18.3 Å². The van der Waals surface area contributed by atoms with E-state index in [1.807, 2.05) is 6.07 Å². The van der Waals surface area contributed by atoms with Gasteiger partial charge in [0.25, 0.3) is 0 Å². The van der Waals surface area contributed by atoms with Gasteiger partial charge in [0.2, 0.25) is 11.8 Å². The molecule has 0 radical (unpaired) electrons. The van der Waals surface area contributed by atoms with E-state index < -0.39 is 5.82 Å². The number of hydrogen-bond donors (Lipinski definition) is 1. The molecule has 1 aliphatic carbocycles. The Labute approximate surface area is 244 Å². The number of rotatable bonds is 7. The number of carbonyl (C=O) groups is 1. The SMILES string of the molecule is C=CC(=O)N1CCN(c2nc(Oc3cccnc3C3CC3)nc3c(Oc4c(Cl)c(F)cc5[nH]ncc45)nccc23)CC1. The van der Waals surface area contributed by atoms with Gasteiger partial charge in [-0.25, -0.2) is 9.37 Å². The number of aromatic nitrogens is 6. The third-order valence-corrected chi connectivity index (χ3v) is 7.72. The predicted molar refractivity (Wildman–Crippen MR) is 154 cm³/mol. The summed E-state index contributed by atoms with van der Waals surface area (Å²) in [6.45, 7) is 5.63. The number of H-pyrrole nitrogens is 1. The molecule has 42 heavy (non-hydrogen) atoms. The molecule has 0 bridgehead atoms. The molecule has 1 aromatic carbocycles. The zero-order valence-electron chi connectivity index (χ0n) is 22.3. The molecular weight excluding hydrogens is 563 g/mol. The maximum Gasteiger partial charge on any atom is 0.324 e. The van der Waals surface area contributed by atoms with Gasteiger partial charge in [-0.05, 0) is 37.1 Å². The van der Waals surface area contributed by atoms with Crippen LogP contribution in [0.2, 0.25) is 5.02 Å². The number of nitrogens with one attached hydrogen (secondary N) is 1. The van der Waals surface area contributed by atoms with E-state index in [0.29, 0.717) is 65.5 Å². The number of amides is 1. The molecule has 11 nitrogen and oxygen atoms in total. The lowest BCUT2D eigenvalue weighted by atomic mass is 10.2. The minimum Gasteiger partial charge on any atom is -0.434 e. The lowest BCUT2D eigenvalue weighted by Gasteiger charge is -2.35. The van der Waals surface area contributed by atoms with Crippen LogP contribution in [0.4, 0.5) is 10.2 Å². The van der Waals surface area contributed by atoms with Gasteiger partial charge in [-0.2, -0.15) is 15.1 Å². The zero-order chi connectivity index (χ0) is 28.8. The molecule has 13 heteroatoms. The van der Waals surface area contributed by atoms with Crippen LogP contribution in [-0.4, -0.2) is 67.1 Å². The average molecular weight is 587 g/mol. The number of carbonyl (C=O) groups excluding carboxylic acids is 1. The molecule has 7 rings (SSSR count). The summed E-state index contributed by atoms with van der Waals surface area (Å²) in [5, 5.41) is 7.64. The van der Waals surface area contributed by atoms with E-state index >= 15 is 0 Å². The maximum atomic E-state index is 14.7. The number of nitrogens with zero attached hydrogens (tertiary/aromatic N) is 7. The Morgan fingerprint density at radius 2 is 1.93 bits per heavy atom. The van der Waals surface area contributed by atoms with Crippen LogP contribution in [0.25, 0.3) is 21.8 Å². The molecule has 1 saturated carbocycles. The van der Waals surface area contributed by atoms with Crippen LogP contribution in [0, 0.1) is 5.82 Å². The molecule has 1 N–H and O–H groups in total. The van der Waals surface area contributed by atoms with E-state index in [9.17, 15) is 9.18 Å². The first kappa shape index (κ1) is 26.1. The Bertz CT molecular complexity index is 1850. The summed E-state index contributed by atoms with van der Waals surface area (Å²) in [4.78, 5) is 34.4. The van der Waals surface area contributed by atoms with Gasteiger partial charge in [0, 0.05) is 50.6 Å². The Balaban J connectivity index is 1.33. The van der Waals surface area contributed by atoms with Crippen molar-refractivity contribution >= 4 is 45.1 Å². The van der Waals surface area contributed by atoms with Crippen molar-refractivity contribution in [3.05, 3.63) is 72.0 Å². The molecule has 1 amide bonds. The largest absolute Gasteiger partial charge is 0.434 e. The number of anilines is 1. The highest BCUT2D eigenvalue weighted by Gasteiger charge is 2.30. The fourth-order valence-electron chi connectivity index (χ4n) is 5.07. The molecule has 4 aromatic heterocycles. The lowest BCUT2D eigenvalue weighted by Crippen LogP contribution is -2.48. The normalized spacial score (nSPS) is 15.3. The highest BCUT2D eigenvalue weighted by atomic mass is 35.5. The van der Waals surface area contributed by atoms with Crippen LogP contribution in [0.15, 0.2) is 55.5 Å². The van der Waals surface area contributed by atoms with Crippen molar-refractivity contribution in [2.24, 2.45) is 0 Å². The molecule has 5 aromatic rings. The number of halogens is 2. The lowest BCUT2D eigenvalue weighted by molar-refractivity contribution is -0.126. The average Bonchev–Trinajstić information content (AvgIpc) is 3.76. The van der Waals surface area contributed by atoms with Gasteiger partial charge in [-0.3, -0.25) is 14.9 Å². The second kappa shape index (κ2) is 10.5. The van der Waals surface area contributed by atoms with Gasteiger partial charge in [-0.15, -0.1) is 0 Å². The number of piperazine rings is 1. The van der Waals surface area contributed by atoms with Crippen LogP contribution >= 0.6 is 11.6 Å². The molecular formula is C29H24ClFN8O3. The van der Waals surface area contributed by atoms with Gasteiger partial charge in [-0.1, -0.05) is 18.2 Å². The topological polar surface area (TPSA) is 122 Å². The fraction of sp³-hybridized carbons (Fsp3) is 0.241. The summed E-state index contributed by atoms with van der Waals surface area (Å²) in [7, 11) is 0. The van der Waals surface area contributed by atoms with Crippen molar-refractivity contribution in [1.29, 1.82) is 0 Å². The predicted octanol–water partition coefficient (Wildman–Crippen LogP) is 5.39. The van der Waals surface area contributed by atoms with Crippen molar-refractivity contribution in [3.63, 3.8) is 0 Å². The molecule has 0 spiro atoms. The Kier molecular flexibility index (Phi) is 6.54. The maximum absolute atomic E-state index is 14.7. The van der Waals surface area contributed by atoms with Crippen LogP contribution in [0.1, 0.15) is 24.5 Å². The molecule has 0 atom stereocenters. The summed E-state index contributed by atoms with van der Waals surface area (Å²) in [6.07, 6.45) is 8.22. The molecule has 0 unspecified atom stereocenters. The number of ether oxygens (including phenoxy) is 2. The standard InChI is InChI=1S/C29H24ClFN8O3/c1-2-22(40)38-10-12-39(13-11-38)27-17-7-9-33-28(42-26-18-15-34-37-20(18)14-19(31)23(26)30)25(17)35-29(36-27)41-21-4-3-8-32-24(21)16-5-6-16/h2-4,7-9,14-16H,1,5-6,10-13H2,(H,34,37). The third kappa shape index (κ3) is 4.73. The van der Waals surface area contributed by atoms with Crippen LogP contribution < -0.4 is 14.4 Å². The molecule has 5 heterocycles. The Hall–Kier alpha value is -4.84. The molecule has 1 saturated heterocycles.